The zero-order chi connectivity index (χ0) is 12.7. The maximum absolute atomic E-state index is 11.3. The van der Waals surface area contributed by atoms with Crippen LogP contribution in [0.4, 0.5) is 5.82 Å². The molecular weight excluding hydrogens is 236 g/mol. The van der Waals surface area contributed by atoms with Crippen molar-refractivity contribution >= 4 is 23.1 Å². The van der Waals surface area contributed by atoms with E-state index in [1.807, 2.05) is 13.0 Å². The molecule has 0 bridgehead atoms. The first-order valence-corrected chi connectivity index (χ1v) is 6.75. The van der Waals surface area contributed by atoms with E-state index in [0.717, 1.165) is 13.0 Å². The van der Waals surface area contributed by atoms with E-state index in [1.165, 1.54) is 12.3 Å². The molecule has 1 rings (SSSR count). The van der Waals surface area contributed by atoms with Gasteiger partial charge in [0.1, 0.15) is 12.1 Å². The van der Waals surface area contributed by atoms with Crippen LogP contribution in [0, 0.1) is 11.3 Å². The Hall–Kier alpha value is -1.58. The van der Waals surface area contributed by atoms with E-state index in [1.54, 1.807) is 12.3 Å². The normalized spacial score (nSPS) is 12.4. The van der Waals surface area contributed by atoms with E-state index < -0.39 is 11.2 Å². The van der Waals surface area contributed by atoms with Crippen LogP contribution in [0.3, 0.4) is 0 Å². The maximum atomic E-state index is 11.3. The minimum absolute atomic E-state index is 0.290. The van der Waals surface area contributed by atoms with E-state index in [0.29, 0.717) is 11.4 Å². The first-order valence-electron chi connectivity index (χ1n) is 5.19. The van der Waals surface area contributed by atoms with Gasteiger partial charge in [-0.05, 0) is 12.5 Å². The topological polar surface area (TPSA) is 84.7 Å². The Morgan fingerprint density at radius 1 is 1.65 bits per heavy atom. The molecule has 0 radical (unpaired) electrons. The van der Waals surface area contributed by atoms with Gasteiger partial charge in [0.15, 0.2) is 0 Å². The van der Waals surface area contributed by atoms with Gasteiger partial charge in [0.2, 0.25) is 0 Å². The van der Waals surface area contributed by atoms with Crippen molar-refractivity contribution < 1.29 is 4.55 Å². The average molecular weight is 250 g/mol. The van der Waals surface area contributed by atoms with Crippen molar-refractivity contribution in [3.63, 3.8) is 0 Å². The van der Waals surface area contributed by atoms with Gasteiger partial charge in [0.25, 0.3) is 0 Å². The van der Waals surface area contributed by atoms with Crippen molar-refractivity contribution in [3.8, 4) is 6.07 Å². The SMILES string of the molecule is CCCNc1nc([S+](C)[O-])ncc1/C=C/C#N. The van der Waals surface area contributed by atoms with Crippen LogP contribution in [0.25, 0.3) is 6.08 Å². The second kappa shape index (κ2) is 6.89. The lowest BCUT2D eigenvalue weighted by Gasteiger charge is -2.09. The zero-order valence-electron chi connectivity index (χ0n) is 9.80. The monoisotopic (exact) mass is 250 g/mol. The van der Waals surface area contributed by atoms with Crippen molar-refractivity contribution in [1.82, 2.24) is 9.97 Å². The molecule has 1 aromatic heterocycles. The van der Waals surface area contributed by atoms with E-state index >= 15 is 0 Å². The third-order valence-corrected chi connectivity index (χ3v) is 2.64. The smallest absolute Gasteiger partial charge is 0.344 e. The predicted molar refractivity (Wildman–Crippen MR) is 67.8 cm³/mol. The quantitative estimate of drug-likeness (QED) is 0.487. The highest BCUT2D eigenvalue weighted by Gasteiger charge is 2.11. The Morgan fingerprint density at radius 2 is 2.41 bits per heavy atom. The molecule has 0 spiro atoms. The molecule has 6 heteroatoms. The van der Waals surface area contributed by atoms with Gasteiger partial charge < -0.3 is 9.87 Å². The van der Waals surface area contributed by atoms with Crippen LogP contribution in [0.15, 0.2) is 17.4 Å². The summed E-state index contributed by atoms with van der Waals surface area (Å²) in [6.45, 7) is 2.80. The fourth-order valence-electron chi connectivity index (χ4n) is 1.15. The third kappa shape index (κ3) is 4.06. The molecule has 0 fully saturated rings. The van der Waals surface area contributed by atoms with Gasteiger partial charge >= 0.3 is 5.16 Å². The highest BCUT2D eigenvalue weighted by Crippen LogP contribution is 2.15. The standard InChI is InChI=1S/C11H14N4OS/c1-3-7-13-10-9(5-4-6-12)8-14-11(15-10)17(2)16/h4-5,8H,3,7H2,1-2H3,(H,13,14,15)/b5-4+. The fourth-order valence-corrected chi connectivity index (χ4v) is 1.57. The van der Waals surface area contributed by atoms with Crippen LogP contribution in [0.5, 0.6) is 0 Å². The summed E-state index contributed by atoms with van der Waals surface area (Å²) in [6, 6.07) is 1.91. The molecule has 1 unspecified atom stereocenters. The number of nitrogens with zero attached hydrogens (tertiary/aromatic N) is 3. The molecule has 90 valence electrons. The van der Waals surface area contributed by atoms with Gasteiger partial charge in [-0.15, -0.1) is 0 Å². The Bertz CT molecular complexity index is 440. The van der Waals surface area contributed by atoms with Gasteiger partial charge in [0, 0.05) is 35.6 Å². The summed E-state index contributed by atoms with van der Waals surface area (Å²) in [5, 5.41) is 11.9. The summed E-state index contributed by atoms with van der Waals surface area (Å²) in [5.74, 6) is 0.610. The molecule has 1 atom stereocenters. The van der Waals surface area contributed by atoms with Crippen molar-refractivity contribution in [2.24, 2.45) is 0 Å². The van der Waals surface area contributed by atoms with Gasteiger partial charge in [-0.25, -0.2) is 0 Å². The number of allylic oxidation sites excluding steroid dienone is 1. The number of nitrogens with one attached hydrogen (secondary N) is 1. The third-order valence-electron chi connectivity index (χ3n) is 1.93. The average Bonchev–Trinajstić information content (AvgIpc) is 2.34. The summed E-state index contributed by atoms with van der Waals surface area (Å²) >= 11 is -1.21. The first-order chi connectivity index (χ1) is 8.19. The summed E-state index contributed by atoms with van der Waals surface area (Å²) in [7, 11) is 0. The lowest BCUT2D eigenvalue weighted by molar-refractivity contribution is 0.592. The summed E-state index contributed by atoms with van der Waals surface area (Å²) in [6.07, 6.45) is 7.04. The van der Waals surface area contributed by atoms with Crippen LogP contribution < -0.4 is 5.32 Å². The summed E-state index contributed by atoms with van der Waals surface area (Å²) in [4.78, 5) is 8.17. The molecule has 5 nitrogen and oxygen atoms in total. The van der Waals surface area contributed by atoms with Gasteiger partial charge in [-0.3, -0.25) is 0 Å². The van der Waals surface area contributed by atoms with Crippen molar-refractivity contribution in [2.45, 2.75) is 18.5 Å². The Kier molecular flexibility index (Phi) is 5.46. The van der Waals surface area contributed by atoms with Crippen molar-refractivity contribution in [1.29, 1.82) is 5.26 Å². The molecule has 1 aromatic rings. The number of anilines is 1. The molecule has 1 N–H and O–H groups in total. The lowest BCUT2D eigenvalue weighted by atomic mass is 10.3. The molecule has 0 saturated heterocycles. The highest BCUT2D eigenvalue weighted by atomic mass is 32.2. The molecule has 0 amide bonds. The van der Waals surface area contributed by atoms with Gasteiger partial charge in [-0.1, -0.05) is 6.92 Å². The maximum Gasteiger partial charge on any atom is 0.344 e. The molecule has 17 heavy (non-hydrogen) atoms. The highest BCUT2D eigenvalue weighted by molar-refractivity contribution is 7.90. The number of hydrogen-bond acceptors (Lipinski definition) is 5. The minimum Gasteiger partial charge on any atom is -0.609 e. The number of aromatic nitrogens is 2. The minimum atomic E-state index is -1.21. The van der Waals surface area contributed by atoms with Crippen LogP contribution in [-0.4, -0.2) is 27.3 Å². The Morgan fingerprint density at radius 3 is 3.00 bits per heavy atom. The molecule has 0 aliphatic rings. The van der Waals surface area contributed by atoms with Crippen LogP contribution in [-0.2, 0) is 11.2 Å². The second-order valence-corrected chi connectivity index (χ2v) is 4.57. The molecule has 1 heterocycles. The Labute approximate surface area is 104 Å². The van der Waals surface area contributed by atoms with Crippen LogP contribution >= 0.6 is 0 Å². The van der Waals surface area contributed by atoms with Gasteiger partial charge in [0.05, 0.1) is 6.07 Å². The zero-order valence-corrected chi connectivity index (χ0v) is 10.6. The van der Waals surface area contributed by atoms with E-state index in [2.05, 4.69) is 15.3 Å². The number of nitriles is 1. The van der Waals surface area contributed by atoms with E-state index in [-0.39, 0.29) is 5.16 Å². The summed E-state index contributed by atoms with van der Waals surface area (Å²) in [5.41, 5.74) is 0.717. The molecule has 0 aliphatic carbocycles. The van der Waals surface area contributed by atoms with Crippen LogP contribution in [0.1, 0.15) is 18.9 Å². The fraction of sp³-hybridized carbons (Fsp3) is 0.364. The molecule has 0 aromatic carbocycles. The summed E-state index contributed by atoms with van der Waals surface area (Å²) < 4.78 is 11.3. The van der Waals surface area contributed by atoms with Crippen LogP contribution in [0.2, 0.25) is 0 Å². The number of hydrogen-bond donors (Lipinski definition) is 1. The van der Waals surface area contributed by atoms with Gasteiger partial charge in [-0.2, -0.15) is 15.2 Å². The second-order valence-electron chi connectivity index (χ2n) is 3.30. The molecule has 0 aliphatic heterocycles. The van der Waals surface area contributed by atoms with E-state index in [9.17, 15) is 4.55 Å². The van der Waals surface area contributed by atoms with Crippen molar-refractivity contribution in [3.05, 3.63) is 17.8 Å². The lowest BCUT2D eigenvalue weighted by Crippen LogP contribution is -2.10. The molecule has 0 saturated carbocycles. The van der Waals surface area contributed by atoms with Crippen molar-refractivity contribution in [2.75, 3.05) is 18.1 Å². The Balaban J connectivity index is 3.03. The van der Waals surface area contributed by atoms with E-state index in [4.69, 9.17) is 5.26 Å². The number of rotatable bonds is 5. The molecular formula is C11H14N4OS. The predicted octanol–water partition coefficient (Wildman–Crippen LogP) is 1.57. The largest absolute Gasteiger partial charge is 0.609 e. The first kappa shape index (κ1) is 13.5.